The summed E-state index contributed by atoms with van der Waals surface area (Å²) in [6.45, 7) is 8.12. The Morgan fingerprint density at radius 3 is 2.38 bits per heavy atom. The normalized spacial score (nSPS) is 10.6. The molecule has 2 heteroatoms. The molecule has 0 atom stereocenters. The summed E-state index contributed by atoms with van der Waals surface area (Å²) in [6.07, 6.45) is 6.79. The highest BCUT2D eigenvalue weighted by Gasteiger charge is 1.89. The molecule has 0 saturated carbocycles. The fourth-order valence-corrected chi connectivity index (χ4v) is 1.27. The van der Waals surface area contributed by atoms with Crippen molar-refractivity contribution >= 4 is 0 Å². The van der Waals surface area contributed by atoms with Crippen LogP contribution in [-0.2, 0) is 4.74 Å². The van der Waals surface area contributed by atoms with Crippen molar-refractivity contribution in [3.63, 3.8) is 0 Å². The first-order valence-electron chi connectivity index (χ1n) is 5.70. The smallest absolute Gasteiger partial charge is 0.0590 e. The highest BCUT2D eigenvalue weighted by atomic mass is 16.5. The van der Waals surface area contributed by atoms with Gasteiger partial charge >= 0.3 is 0 Å². The second kappa shape index (κ2) is 11.9. The fourth-order valence-electron chi connectivity index (χ4n) is 1.27. The highest BCUT2D eigenvalue weighted by molar-refractivity contribution is 4.48. The van der Waals surface area contributed by atoms with Gasteiger partial charge in [-0.25, -0.2) is 0 Å². The largest absolute Gasteiger partial charge is 0.380 e. The van der Waals surface area contributed by atoms with Gasteiger partial charge in [0, 0.05) is 13.2 Å². The zero-order valence-electron chi connectivity index (χ0n) is 9.27. The van der Waals surface area contributed by atoms with Crippen LogP contribution in [-0.4, -0.2) is 26.3 Å². The average Bonchev–Trinajstić information content (AvgIpc) is 2.16. The van der Waals surface area contributed by atoms with E-state index in [-0.39, 0.29) is 0 Å². The van der Waals surface area contributed by atoms with E-state index in [0.29, 0.717) is 0 Å². The van der Waals surface area contributed by atoms with Crippen molar-refractivity contribution in [2.75, 3.05) is 26.3 Å². The monoisotopic (exact) mass is 187 g/mol. The summed E-state index contributed by atoms with van der Waals surface area (Å²) in [5.41, 5.74) is 0. The van der Waals surface area contributed by atoms with Crippen molar-refractivity contribution in [2.45, 2.75) is 46.0 Å². The van der Waals surface area contributed by atoms with Gasteiger partial charge in [0.05, 0.1) is 6.61 Å². The minimum absolute atomic E-state index is 0.832. The van der Waals surface area contributed by atoms with Gasteiger partial charge in [-0.2, -0.15) is 0 Å². The van der Waals surface area contributed by atoms with Crippen LogP contribution in [0, 0.1) is 0 Å². The maximum Gasteiger partial charge on any atom is 0.0590 e. The Kier molecular flexibility index (Phi) is 11.8. The Bertz CT molecular complexity index is 76.2. The molecule has 0 spiro atoms. The van der Waals surface area contributed by atoms with Crippen LogP contribution in [0.1, 0.15) is 46.0 Å². The molecule has 0 aromatic heterocycles. The lowest BCUT2D eigenvalue weighted by atomic mass is 10.1. The van der Waals surface area contributed by atoms with Gasteiger partial charge in [-0.1, -0.05) is 32.6 Å². The number of ether oxygens (including phenoxy) is 1. The standard InChI is InChI=1S/C11H25NO/c1-3-5-6-7-8-9-12-10-11-13-4-2/h12H,3-11H2,1-2H3. The van der Waals surface area contributed by atoms with E-state index >= 15 is 0 Å². The molecule has 2 nitrogen and oxygen atoms in total. The number of unbranched alkanes of at least 4 members (excludes halogenated alkanes) is 4. The van der Waals surface area contributed by atoms with Crippen LogP contribution in [0.25, 0.3) is 0 Å². The average molecular weight is 187 g/mol. The lowest BCUT2D eigenvalue weighted by Crippen LogP contribution is -2.20. The first-order chi connectivity index (χ1) is 6.41. The third kappa shape index (κ3) is 11.9. The molecule has 0 rings (SSSR count). The molecule has 0 saturated heterocycles. The zero-order chi connectivity index (χ0) is 9.78. The van der Waals surface area contributed by atoms with Crippen LogP contribution < -0.4 is 5.32 Å². The molecule has 0 aliphatic heterocycles. The van der Waals surface area contributed by atoms with E-state index in [1.54, 1.807) is 0 Å². The predicted molar refractivity (Wildman–Crippen MR) is 58.1 cm³/mol. The molecule has 0 aromatic rings. The molecule has 0 aliphatic carbocycles. The van der Waals surface area contributed by atoms with Crippen LogP contribution in [0.2, 0.25) is 0 Å². The molecule has 0 aromatic carbocycles. The van der Waals surface area contributed by atoms with E-state index < -0.39 is 0 Å². The predicted octanol–water partition coefficient (Wildman–Crippen LogP) is 2.58. The Labute approximate surface area is 83.1 Å². The summed E-state index contributed by atoms with van der Waals surface area (Å²) < 4.78 is 5.22. The summed E-state index contributed by atoms with van der Waals surface area (Å²) in [5, 5.41) is 3.37. The quantitative estimate of drug-likeness (QED) is 0.531. The number of hydrogen-bond donors (Lipinski definition) is 1. The van der Waals surface area contributed by atoms with Crippen LogP contribution in [0.3, 0.4) is 0 Å². The van der Waals surface area contributed by atoms with E-state index in [4.69, 9.17) is 4.74 Å². The minimum Gasteiger partial charge on any atom is -0.380 e. The van der Waals surface area contributed by atoms with Gasteiger partial charge in [0.15, 0.2) is 0 Å². The highest BCUT2D eigenvalue weighted by Crippen LogP contribution is 2.00. The van der Waals surface area contributed by atoms with Crippen LogP contribution in [0.5, 0.6) is 0 Å². The van der Waals surface area contributed by atoms with Crippen LogP contribution in [0.15, 0.2) is 0 Å². The van der Waals surface area contributed by atoms with Crippen molar-refractivity contribution in [2.24, 2.45) is 0 Å². The van der Waals surface area contributed by atoms with E-state index in [2.05, 4.69) is 12.2 Å². The molecule has 0 bridgehead atoms. The van der Waals surface area contributed by atoms with Gasteiger partial charge < -0.3 is 10.1 Å². The minimum atomic E-state index is 0.832. The Balaban J connectivity index is 2.76. The van der Waals surface area contributed by atoms with Crippen LogP contribution in [0.4, 0.5) is 0 Å². The molecule has 1 N–H and O–H groups in total. The van der Waals surface area contributed by atoms with Crippen molar-refractivity contribution in [3.8, 4) is 0 Å². The van der Waals surface area contributed by atoms with Gasteiger partial charge in [-0.05, 0) is 19.9 Å². The second-order valence-electron chi connectivity index (χ2n) is 3.36. The number of rotatable bonds is 10. The third-order valence-electron chi connectivity index (χ3n) is 2.08. The summed E-state index contributed by atoms with van der Waals surface area (Å²) in [4.78, 5) is 0. The molecule has 0 heterocycles. The topological polar surface area (TPSA) is 21.3 Å². The SMILES string of the molecule is CCCCCCCNCCOCC. The maximum atomic E-state index is 5.22. The van der Waals surface area contributed by atoms with E-state index in [9.17, 15) is 0 Å². The fraction of sp³-hybridized carbons (Fsp3) is 1.00. The second-order valence-corrected chi connectivity index (χ2v) is 3.36. The molecule has 13 heavy (non-hydrogen) atoms. The van der Waals surface area contributed by atoms with Crippen LogP contribution >= 0.6 is 0 Å². The maximum absolute atomic E-state index is 5.22. The van der Waals surface area contributed by atoms with Gasteiger partial charge in [0.1, 0.15) is 0 Å². The molecule has 0 fully saturated rings. The lowest BCUT2D eigenvalue weighted by Gasteiger charge is -2.04. The summed E-state index contributed by atoms with van der Waals surface area (Å²) in [5.74, 6) is 0. The van der Waals surface area contributed by atoms with Crippen molar-refractivity contribution in [3.05, 3.63) is 0 Å². The molecular weight excluding hydrogens is 162 g/mol. The third-order valence-corrected chi connectivity index (χ3v) is 2.08. The van der Waals surface area contributed by atoms with Crippen molar-refractivity contribution in [1.29, 1.82) is 0 Å². The molecule has 0 unspecified atom stereocenters. The number of nitrogens with one attached hydrogen (secondary N) is 1. The van der Waals surface area contributed by atoms with E-state index in [1.165, 1.54) is 32.1 Å². The van der Waals surface area contributed by atoms with E-state index in [1.807, 2.05) is 6.92 Å². The Hall–Kier alpha value is -0.0800. The summed E-state index contributed by atoms with van der Waals surface area (Å²) in [7, 11) is 0. The zero-order valence-corrected chi connectivity index (χ0v) is 9.27. The molecule has 0 aliphatic rings. The van der Waals surface area contributed by atoms with Crippen molar-refractivity contribution < 1.29 is 4.74 Å². The van der Waals surface area contributed by atoms with Crippen molar-refractivity contribution in [1.82, 2.24) is 5.32 Å². The van der Waals surface area contributed by atoms with Gasteiger partial charge in [0.2, 0.25) is 0 Å². The Morgan fingerprint density at radius 1 is 0.923 bits per heavy atom. The van der Waals surface area contributed by atoms with Gasteiger partial charge in [-0.3, -0.25) is 0 Å². The Morgan fingerprint density at radius 2 is 1.69 bits per heavy atom. The molecule has 0 amide bonds. The molecular formula is C11H25NO. The van der Waals surface area contributed by atoms with Gasteiger partial charge in [-0.15, -0.1) is 0 Å². The molecule has 0 radical (unpaired) electrons. The summed E-state index contributed by atoms with van der Waals surface area (Å²) >= 11 is 0. The first-order valence-corrected chi connectivity index (χ1v) is 5.70. The van der Waals surface area contributed by atoms with E-state index in [0.717, 1.165) is 26.3 Å². The first kappa shape index (κ1) is 12.9. The van der Waals surface area contributed by atoms with Gasteiger partial charge in [0.25, 0.3) is 0 Å². The summed E-state index contributed by atoms with van der Waals surface area (Å²) in [6, 6.07) is 0. The lowest BCUT2D eigenvalue weighted by molar-refractivity contribution is 0.149. The number of hydrogen-bond acceptors (Lipinski definition) is 2. The molecule has 80 valence electrons.